The molecule has 2 unspecified atom stereocenters. The van der Waals surface area contributed by atoms with Gasteiger partial charge in [0.25, 0.3) is 0 Å². The van der Waals surface area contributed by atoms with Gasteiger partial charge in [0.15, 0.2) is 0 Å². The molecule has 1 heterocycles. The summed E-state index contributed by atoms with van der Waals surface area (Å²) in [6, 6.07) is 25.6. The number of carbonyl (C=O) groups excluding carboxylic acids is 2. The Morgan fingerprint density at radius 1 is 0.921 bits per heavy atom. The average molecular weight is 515 g/mol. The molecular weight excluding hydrogens is 484 g/mol. The van der Waals surface area contributed by atoms with Crippen LogP contribution in [0, 0.1) is 5.92 Å². The van der Waals surface area contributed by atoms with E-state index in [1.807, 2.05) is 54.6 Å². The van der Waals surface area contributed by atoms with Crippen molar-refractivity contribution in [1.82, 2.24) is 10.2 Å². The summed E-state index contributed by atoms with van der Waals surface area (Å²) < 4.78 is 11.3. The molecule has 38 heavy (non-hydrogen) atoms. The third-order valence-corrected chi connectivity index (χ3v) is 7.10. The van der Waals surface area contributed by atoms with E-state index in [4.69, 9.17) is 9.47 Å². The first-order chi connectivity index (χ1) is 18.5. The number of nitrogens with zero attached hydrogens (tertiary/aromatic N) is 1. The topological polar surface area (TPSA) is 105 Å². The van der Waals surface area contributed by atoms with Crippen LogP contribution in [0.1, 0.15) is 29.0 Å². The lowest BCUT2D eigenvalue weighted by Gasteiger charge is -2.23. The minimum absolute atomic E-state index is 0.0253. The monoisotopic (exact) mass is 514 g/mol. The van der Waals surface area contributed by atoms with Crippen LogP contribution in [0.5, 0.6) is 0 Å². The maximum Gasteiger partial charge on any atom is 0.407 e. The van der Waals surface area contributed by atoms with Crippen LogP contribution in [0.4, 0.5) is 4.79 Å². The van der Waals surface area contributed by atoms with Crippen LogP contribution < -0.4 is 5.32 Å². The molecular formula is C30H30N2O6. The van der Waals surface area contributed by atoms with Gasteiger partial charge in [-0.2, -0.15) is 0 Å². The fraction of sp³-hybridized carbons (Fsp3) is 0.300. The number of amides is 2. The Bertz CT molecular complexity index is 1270. The predicted octanol–water partition coefficient (Wildman–Crippen LogP) is 4.04. The number of rotatable bonds is 9. The number of carboxylic acids is 1. The van der Waals surface area contributed by atoms with E-state index in [1.165, 1.54) is 4.90 Å². The van der Waals surface area contributed by atoms with Crippen molar-refractivity contribution >= 4 is 18.0 Å². The summed E-state index contributed by atoms with van der Waals surface area (Å²) in [7, 11) is 0. The van der Waals surface area contributed by atoms with Crippen molar-refractivity contribution in [2.24, 2.45) is 5.92 Å². The van der Waals surface area contributed by atoms with E-state index in [2.05, 4.69) is 29.6 Å². The summed E-state index contributed by atoms with van der Waals surface area (Å²) in [4.78, 5) is 38.3. The van der Waals surface area contributed by atoms with Crippen LogP contribution in [0.25, 0.3) is 11.1 Å². The molecule has 0 bridgehead atoms. The lowest BCUT2D eigenvalue weighted by Crippen LogP contribution is -2.39. The molecule has 3 aromatic carbocycles. The molecule has 0 aromatic heterocycles. The molecule has 196 valence electrons. The lowest BCUT2D eigenvalue weighted by atomic mass is 9.98. The van der Waals surface area contributed by atoms with Crippen LogP contribution in [0.3, 0.4) is 0 Å². The molecule has 2 amide bonds. The van der Waals surface area contributed by atoms with Gasteiger partial charge in [-0.25, -0.2) is 4.79 Å². The van der Waals surface area contributed by atoms with E-state index in [9.17, 15) is 19.5 Å². The molecule has 5 rings (SSSR count). The number of aliphatic carboxylic acids is 1. The number of nitrogens with one attached hydrogen (secondary N) is 1. The minimum Gasteiger partial charge on any atom is -0.480 e. The van der Waals surface area contributed by atoms with Crippen LogP contribution in [-0.2, 0) is 25.6 Å². The maximum atomic E-state index is 13.1. The van der Waals surface area contributed by atoms with Gasteiger partial charge in [0.05, 0.1) is 18.6 Å². The summed E-state index contributed by atoms with van der Waals surface area (Å²) in [5.74, 6) is -1.82. The maximum absolute atomic E-state index is 13.1. The largest absolute Gasteiger partial charge is 0.480 e. The highest BCUT2D eigenvalue weighted by Gasteiger charge is 2.35. The first kappa shape index (κ1) is 25.5. The molecule has 0 radical (unpaired) electrons. The molecule has 2 atom stereocenters. The molecule has 8 heteroatoms. The third kappa shape index (κ3) is 5.70. The van der Waals surface area contributed by atoms with Gasteiger partial charge < -0.3 is 24.8 Å². The molecule has 2 N–H and O–H groups in total. The second-order valence-corrected chi connectivity index (χ2v) is 9.67. The highest BCUT2D eigenvalue weighted by atomic mass is 16.5. The number of hydrogen-bond donors (Lipinski definition) is 2. The van der Waals surface area contributed by atoms with E-state index in [1.54, 1.807) is 0 Å². The molecule has 8 nitrogen and oxygen atoms in total. The molecule has 1 fully saturated rings. The van der Waals surface area contributed by atoms with E-state index in [0.29, 0.717) is 6.42 Å². The van der Waals surface area contributed by atoms with Crippen LogP contribution >= 0.6 is 0 Å². The zero-order valence-electron chi connectivity index (χ0n) is 20.9. The highest BCUT2D eigenvalue weighted by molar-refractivity contribution is 5.83. The molecule has 3 aromatic rings. The summed E-state index contributed by atoms with van der Waals surface area (Å²) in [5, 5.41) is 12.1. The Morgan fingerprint density at radius 2 is 1.55 bits per heavy atom. The number of hydrogen-bond acceptors (Lipinski definition) is 5. The third-order valence-electron chi connectivity index (χ3n) is 7.10. The van der Waals surface area contributed by atoms with Gasteiger partial charge in [-0.05, 0) is 34.2 Å². The van der Waals surface area contributed by atoms with Gasteiger partial charge in [-0.1, -0.05) is 78.9 Å². The van der Waals surface area contributed by atoms with Gasteiger partial charge in [0, 0.05) is 19.0 Å². The van der Waals surface area contributed by atoms with Crippen molar-refractivity contribution in [3.63, 3.8) is 0 Å². The molecule has 1 aliphatic heterocycles. The second kappa shape index (κ2) is 11.5. The van der Waals surface area contributed by atoms with Crippen molar-refractivity contribution in [3.8, 4) is 11.1 Å². The molecule has 2 aliphatic rings. The van der Waals surface area contributed by atoms with E-state index < -0.39 is 18.0 Å². The normalized spacial score (nSPS) is 17.9. The van der Waals surface area contributed by atoms with Crippen LogP contribution in [0.15, 0.2) is 78.9 Å². The Morgan fingerprint density at radius 3 is 2.21 bits per heavy atom. The van der Waals surface area contributed by atoms with Crippen molar-refractivity contribution in [2.75, 3.05) is 26.3 Å². The van der Waals surface area contributed by atoms with Crippen LogP contribution in [-0.4, -0.2) is 60.4 Å². The second-order valence-electron chi connectivity index (χ2n) is 9.67. The van der Waals surface area contributed by atoms with Crippen molar-refractivity contribution < 1.29 is 29.0 Å². The Balaban J connectivity index is 1.12. The molecule has 1 aliphatic carbocycles. The fourth-order valence-corrected chi connectivity index (χ4v) is 5.30. The summed E-state index contributed by atoms with van der Waals surface area (Å²) in [5.41, 5.74) is 5.47. The number of ether oxygens (including phenoxy) is 2. The SMILES string of the molecule is O=C(O)CN(Cc1ccccc1)C(=O)C1COC(CNC(=O)OCC2c3ccccc3-c3ccccc32)C1. The molecule has 0 saturated carbocycles. The standard InChI is InChI=1S/C30H30N2O6/c33-28(34)17-32(16-20-8-2-1-3-9-20)29(35)21-14-22(37-18-21)15-31-30(36)38-19-27-25-12-6-4-10-23(25)24-11-5-7-13-26(24)27/h1-13,21-22,27H,14-19H2,(H,31,36)(H,33,34). The zero-order chi connectivity index (χ0) is 26.5. The fourth-order valence-electron chi connectivity index (χ4n) is 5.30. The first-order valence-corrected chi connectivity index (χ1v) is 12.7. The summed E-state index contributed by atoms with van der Waals surface area (Å²) in [6.07, 6.45) is -0.498. The van der Waals surface area contributed by atoms with E-state index >= 15 is 0 Å². The van der Waals surface area contributed by atoms with Gasteiger partial charge in [0.2, 0.25) is 5.91 Å². The quantitative estimate of drug-likeness (QED) is 0.447. The van der Waals surface area contributed by atoms with E-state index in [0.717, 1.165) is 27.8 Å². The summed E-state index contributed by atoms with van der Waals surface area (Å²) in [6.45, 7) is 0.438. The van der Waals surface area contributed by atoms with Gasteiger partial charge in [-0.3, -0.25) is 9.59 Å². The van der Waals surface area contributed by atoms with Gasteiger partial charge in [0.1, 0.15) is 13.2 Å². The van der Waals surface area contributed by atoms with Crippen LogP contribution in [0.2, 0.25) is 0 Å². The summed E-state index contributed by atoms with van der Waals surface area (Å²) >= 11 is 0. The Labute approximate surface area is 221 Å². The smallest absolute Gasteiger partial charge is 0.407 e. The number of carboxylic acid groups (broad SMARTS) is 1. The zero-order valence-corrected chi connectivity index (χ0v) is 20.9. The van der Waals surface area contributed by atoms with Gasteiger partial charge >= 0.3 is 12.1 Å². The molecule has 1 saturated heterocycles. The average Bonchev–Trinajstić information content (AvgIpc) is 3.53. The number of alkyl carbamates (subject to hydrolysis) is 1. The molecule has 0 spiro atoms. The first-order valence-electron chi connectivity index (χ1n) is 12.7. The van der Waals surface area contributed by atoms with Crippen molar-refractivity contribution in [2.45, 2.75) is 25.0 Å². The van der Waals surface area contributed by atoms with Crippen molar-refractivity contribution in [1.29, 1.82) is 0 Å². The minimum atomic E-state index is -1.07. The highest BCUT2D eigenvalue weighted by Crippen LogP contribution is 2.44. The number of fused-ring (bicyclic) bond motifs is 3. The lowest BCUT2D eigenvalue weighted by molar-refractivity contribution is -0.146. The van der Waals surface area contributed by atoms with Crippen molar-refractivity contribution in [3.05, 3.63) is 95.6 Å². The van der Waals surface area contributed by atoms with Gasteiger partial charge in [-0.15, -0.1) is 0 Å². The van der Waals surface area contributed by atoms with E-state index in [-0.39, 0.29) is 50.8 Å². The predicted molar refractivity (Wildman–Crippen MR) is 140 cm³/mol. The Hall–Kier alpha value is -4.17. The number of benzene rings is 3. The Kier molecular flexibility index (Phi) is 7.70. The number of carbonyl (C=O) groups is 3.